The Morgan fingerprint density at radius 2 is 2.07 bits per heavy atom. The molecule has 0 bridgehead atoms. The maximum Gasteiger partial charge on any atom is 0.0825 e. The van der Waals surface area contributed by atoms with Gasteiger partial charge in [0, 0.05) is 31.8 Å². The molecule has 2 saturated heterocycles. The molecule has 0 spiro atoms. The number of rotatable bonds is 2. The van der Waals surface area contributed by atoms with E-state index < -0.39 is 0 Å². The van der Waals surface area contributed by atoms with Gasteiger partial charge >= 0.3 is 0 Å². The Bertz CT molecular complexity index is 199. The van der Waals surface area contributed by atoms with Crippen LogP contribution in [-0.4, -0.2) is 49.3 Å². The second-order valence-electron chi connectivity index (χ2n) is 5.27. The summed E-state index contributed by atoms with van der Waals surface area (Å²) in [5.74, 6) is 0. The smallest absolute Gasteiger partial charge is 0.0825 e. The first kappa shape index (κ1) is 10.4. The fraction of sp³-hybridized carbons (Fsp3) is 1.00. The first-order valence-corrected chi connectivity index (χ1v) is 5.62. The van der Waals surface area contributed by atoms with Crippen molar-refractivity contribution in [3.05, 3.63) is 0 Å². The number of nitrogens with zero attached hydrogens (tertiary/aromatic N) is 1. The molecule has 1 N–H and O–H groups in total. The standard InChI is InChI=1S/C11H22N2O/c1-11(2)6-9(4-5-12-11)13-7-10(8-13)14-3/h9-10,12H,4-8H2,1-3H3. The zero-order valence-corrected chi connectivity index (χ0v) is 9.55. The molecule has 0 saturated carbocycles. The van der Waals surface area contributed by atoms with Gasteiger partial charge in [0.15, 0.2) is 0 Å². The van der Waals surface area contributed by atoms with Crippen LogP contribution in [0.15, 0.2) is 0 Å². The molecular weight excluding hydrogens is 176 g/mol. The average Bonchev–Trinajstić information content (AvgIpc) is 2.00. The van der Waals surface area contributed by atoms with Crippen molar-refractivity contribution in [1.29, 1.82) is 0 Å². The van der Waals surface area contributed by atoms with Gasteiger partial charge in [-0.25, -0.2) is 0 Å². The summed E-state index contributed by atoms with van der Waals surface area (Å²) in [5.41, 5.74) is 0.321. The minimum Gasteiger partial charge on any atom is -0.379 e. The van der Waals surface area contributed by atoms with Crippen molar-refractivity contribution in [2.75, 3.05) is 26.7 Å². The fourth-order valence-electron chi connectivity index (χ4n) is 2.57. The van der Waals surface area contributed by atoms with Crippen LogP contribution >= 0.6 is 0 Å². The van der Waals surface area contributed by atoms with E-state index in [2.05, 4.69) is 24.1 Å². The lowest BCUT2D eigenvalue weighted by molar-refractivity contribution is -0.0620. The van der Waals surface area contributed by atoms with Crippen LogP contribution in [0, 0.1) is 0 Å². The summed E-state index contributed by atoms with van der Waals surface area (Å²) in [7, 11) is 1.81. The molecule has 3 nitrogen and oxygen atoms in total. The van der Waals surface area contributed by atoms with Gasteiger partial charge in [-0.3, -0.25) is 4.90 Å². The van der Waals surface area contributed by atoms with Crippen molar-refractivity contribution in [2.45, 2.75) is 44.4 Å². The molecule has 82 valence electrons. The van der Waals surface area contributed by atoms with E-state index >= 15 is 0 Å². The van der Waals surface area contributed by atoms with Gasteiger partial charge in [-0.05, 0) is 33.2 Å². The minimum absolute atomic E-state index is 0.321. The highest BCUT2D eigenvalue weighted by molar-refractivity contribution is 4.94. The molecule has 0 aliphatic carbocycles. The molecule has 3 heteroatoms. The van der Waals surface area contributed by atoms with Crippen LogP contribution in [0.25, 0.3) is 0 Å². The molecule has 2 aliphatic rings. The lowest BCUT2D eigenvalue weighted by Gasteiger charge is -2.48. The average molecular weight is 198 g/mol. The van der Waals surface area contributed by atoms with Gasteiger partial charge in [-0.2, -0.15) is 0 Å². The Balaban J connectivity index is 1.82. The Morgan fingerprint density at radius 3 is 2.64 bits per heavy atom. The van der Waals surface area contributed by atoms with Gasteiger partial charge < -0.3 is 10.1 Å². The van der Waals surface area contributed by atoms with E-state index in [-0.39, 0.29) is 0 Å². The number of likely N-dealkylation sites (tertiary alicyclic amines) is 1. The highest BCUT2D eigenvalue weighted by Crippen LogP contribution is 2.26. The normalized spacial score (nSPS) is 34.1. The van der Waals surface area contributed by atoms with Crippen LogP contribution in [0.5, 0.6) is 0 Å². The van der Waals surface area contributed by atoms with Crippen molar-refractivity contribution in [3.63, 3.8) is 0 Å². The number of piperidine rings is 1. The quantitative estimate of drug-likeness (QED) is 0.712. The predicted octanol–water partition coefficient (Wildman–Crippen LogP) is 0.848. The monoisotopic (exact) mass is 198 g/mol. The summed E-state index contributed by atoms with van der Waals surface area (Å²) in [6.07, 6.45) is 3.05. The molecular formula is C11H22N2O. The van der Waals surface area contributed by atoms with Gasteiger partial charge in [-0.15, -0.1) is 0 Å². The third-order valence-corrected chi connectivity index (χ3v) is 3.55. The van der Waals surface area contributed by atoms with Gasteiger partial charge in [0.1, 0.15) is 0 Å². The Kier molecular flexibility index (Phi) is 2.82. The van der Waals surface area contributed by atoms with Crippen LogP contribution in [0.3, 0.4) is 0 Å². The third-order valence-electron chi connectivity index (χ3n) is 3.55. The van der Waals surface area contributed by atoms with Crippen LogP contribution < -0.4 is 5.32 Å². The highest BCUT2D eigenvalue weighted by atomic mass is 16.5. The molecule has 1 atom stereocenters. The van der Waals surface area contributed by atoms with Gasteiger partial charge in [-0.1, -0.05) is 0 Å². The van der Waals surface area contributed by atoms with Crippen LogP contribution in [0.4, 0.5) is 0 Å². The van der Waals surface area contributed by atoms with Crippen LogP contribution in [-0.2, 0) is 4.74 Å². The molecule has 1 unspecified atom stereocenters. The van der Waals surface area contributed by atoms with E-state index in [1.165, 1.54) is 12.8 Å². The van der Waals surface area contributed by atoms with E-state index in [1.54, 1.807) is 0 Å². The summed E-state index contributed by atoms with van der Waals surface area (Å²) < 4.78 is 5.30. The molecule has 2 aliphatic heterocycles. The molecule has 0 aromatic rings. The van der Waals surface area contributed by atoms with E-state index in [4.69, 9.17) is 4.74 Å². The van der Waals surface area contributed by atoms with Crippen molar-refractivity contribution in [3.8, 4) is 0 Å². The second-order valence-corrected chi connectivity index (χ2v) is 5.27. The number of ether oxygens (including phenoxy) is 1. The first-order chi connectivity index (χ1) is 6.61. The van der Waals surface area contributed by atoms with Crippen molar-refractivity contribution in [2.24, 2.45) is 0 Å². The minimum atomic E-state index is 0.321. The van der Waals surface area contributed by atoms with Gasteiger partial charge in [0.2, 0.25) is 0 Å². The van der Waals surface area contributed by atoms with E-state index in [0.717, 1.165) is 25.7 Å². The molecule has 0 aromatic carbocycles. The Morgan fingerprint density at radius 1 is 1.36 bits per heavy atom. The second kappa shape index (κ2) is 3.80. The SMILES string of the molecule is COC1CN(C2CCNC(C)(C)C2)C1. The molecule has 2 rings (SSSR count). The molecule has 2 heterocycles. The lowest BCUT2D eigenvalue weighted by atomic mass is 9.87. The zero-order valence-electron chi connectivity index (χ0n) is 9.55. The maximum absolute atomic E-state index is 5.30. The molecule has 0 aromatic heterocycles. The summed E-state index contributed by atoms with van der Waals surface area (Å²) in [4.78, 5) is 2.57. The van der Waals surface area contributed by atoms with E-state index in [9.17, 15) is 0 Å². The van der Waals surface area contributed by atoms with Gasteiger partial charge in [0.05, 0.1) is 6.10 Å². The largest absolute Gasteiger partial charge is 0.379 e. The van der Waals surface area contributed by atoms with Crippen molar-refractivity contribution >= 4 is 0 Å². The van der Waals surface area contributed by atoms with E-state index in [0.29, 0.717) is 11.6 Å². The molecule has 0 amide bonds. The number of hydrogen-bond acceptors (Lipinski definition) is 3. The summed E-state index contributed by atoms with van der Waals surface area (Å²) in [6, 6.07) is 0.776. The van der Waals surface area contributed by atoms with E-state index in [1.807, 2.05) is 7.11 Å². The number of methoxy groups -OCH3 is 1. The topological polar surface area (TPSA) is 24.5 Å². The summed E-state index contributed by atoms with van der Waals surface area (Å²) in [6.45, 7) is 8.03. The maximum atomic E-state index is 5.30. The number of nitrogens with one attached hydrogen (secondary N) is 1. The summed E-state index contributed by atoms with van der Waals surface area (Å²) in [5, 5.41) is 3.56. The highest BCUT2D eigenvalue weighted by Gasteiger charge is 2.37. The molecule has 14 heavy (non-hydrogen) atoms. The van der Waals surface area contributed by atoms with Gasteiger partial charge in [0.25, 0.3) is 0 Å². The Hall–Kier alpha value is -0.120. The van der Waals surface area contributed by atoms with Crippen LogP contribution in [0.1, 0.15) is 26.7 Å². The first-order valence-electron chi connectivity index (χ1n) is 5.62. The predicted molar refractivity (Wildman–Crippen MR) is 57.5 cm³/mol. The third kappa shape index (κ3) is 2.10. The molecule has 0 radical (unpaired) electrons. The summed E-state index contributed by atoms with van der Waals surface area (Å²) >= 11 is 0. The zero-order chi connectivity index (χ0) is 10.2. The van der Waals surface area contributed by atoms with Crippen molar-refractivity contribution < 1.29 is 4.74 Å². The molecule has 2 fully saturated rings. The fourth-order valence-corrected chi connectivity index (χ4v) is 2.57. The lowest BCUT2D eigenvalue weighted by Crippen LogP contribution is -2.61. The Labute approximate surface area is 86.8 Å². The number of hydrogen-bond donors (Lipinski definition) is 1. The van der Waals surface area contributed by atoms with Crippen LogP contribution in [0.2, 0.25) is 0 Å². The van der Waals surface area contributed by atoms with Crippen molar-refractivity contribution in [1.82, 2.24) is 10.2 Å².